The molecule has 21 heavy (non-hydrogen) atoms. The van der Waals surface area contributed by atoms with Gasteiger partial charge in [-0.1, -0.05) is 48.0 Å². The van der Waals surface area contributed by atoms with E-state index in [4.69, 9.17) is 17.3 Å². The summed E-state index contributed by atoms with van der Waals surface area (Å²) in [6.45, 7) is 0. The molecule has 0 saturated heterocycles. The fourth-order valence-electron chi connectivity index (χ4n) is 1.97. The Balaban J connectivity index is 1.89. The third-order valence-corrected chi connectivity index (χ3v) is 3.43. The minimum Gasteiger partial charge on any atom is -0.324 e. The van der Waals surface area contributed by atoms with Crippen LogP contribution >= 0.6 is 11.6 Å². The molecule has 2 rings (SSSR count). The van der Waals surface area contributed by atoms with Crippen LogP contribution in [0.25, 0.3) is 0 Å². The van der Waals surface area contributed by atoms with Crippen molar-refractivity contribution in [2.24, 2.45) is 5.73 Å². The van der Waals surface area contributed by atoms with Crippen molar-refractivity contribution in [1.82, 2.24) is 0 Å². The lowest BCUT2D eigenvalue weighted by Crippen LogP contribution is -2.17. The normalized spacial score (nSPS) is 12.0. The highest BCUT2D eigenvalue weighted by Crippen LogP contribution is 2.22. The molecule has 0 aromatic heterocycles. The largest absolute Gasteiger partial charge is 0.324 e. The molecular formula is C16H16ClFN2O. The number of amides is 1. The van der Waals surface area contributed by atoms with Crippen LogP contribution in [-0.4, -0.2) is 5.91 Å². The average Bonchev–Trinajstić information content (AvgIpc) is 2.50. The number of rotatable bonds is 5. The molecule has 0 saturated carbocycles. The Morgan fingerprint density at radius 3 is 2.62 bits per heavy atom. The summed E-state index contributed by atoms with van der Waals surface area (Å²) in [6.07, 6.45) is 0.694. The van der Waals surface area contributed by atoms with E-state index in [0.717, 1.165) is 5.56 Å². The van der Waals surface area contributed by atoms with Crippen molar-refractivity contribution >= 4 is 23.2 Å². The zero-order valence-electron chi connectivity index (χ0n) is 11.4. The van der Waals surface area contributed by atoms with E-state index in [1.807, 2.05) is 30.3 Å². The van der Waals surface area contributed by atoms with Gasteiger partial charge in [0, 0.05) is 12.5 Å². The molecule has 0 radical (unpaired) electrons. The Labute approximate surface area is 127 Å². The molecule has 1 unspecified atom stereocenters. The second kappa shape index (κ2) is 7.20. The number of carbonyl (C=O) groups is 1. The fourth-order valence-corrected chi connectivity index (χ4v) is 2.14. The van der Waals surface area contributed by atoms with E-state index in [2.05, 4.69) is 5.32 Å². The minimum atomic E-state index is -0.625. The van der Waals surface area contributed by atoms with Crippen LogP contribution in [0.1, 0.15) is 24.4 Å². The number of carbonyl (C=O) groups excluding carboxylic acids is 1. The van der Waals surface area contributed by atoms with Crippen molar-refractivity contribution in [3.8, 4) is 0 Å². The van der Waals surface area contributed by atoms with Crippen molar-refractivity contribution < 1.29 is 9.18 Å². The summed E-state index contributed by atoms with van der Waals surface area (Å²) in [7, 11) is 0. The minimum absolute atomic E-state index is 0.0196. The molecule has 0 aliphatic heterocycles. The van der Waals surface area contributed by atoms with Crippen molar-refractivity contribution in [3.63, 3.8) is 0 Å². The topological polar surface area (TPSA) is 55.1 Å². The summed E-state index contributed by atoms with van der Waals surface area (Å²) in [6, 6.07) is 13.8. The van der Waals surface area contributed by atoms with Gasteiger partial charge in [-0.15, -0.1) is 0 Å². The fraction of sp³-hybridized carbons (Fsp3) is 0.188. The zero-order valence-corrected chi connectivity index (χ0v) is 12.1. The van der Waals surface area contributed by atoms with E-state index in [1.165, 1.54) is 12.1 Å². The summed E-state index contributed by atoms with van der Waals surface area (Å²) >= 11 is 5.66. The molecule has 0 aliphatic rings. The Morgan fingerprint density at radius 2 is 1.90 bits per heavy atom. The lowest BCUT2D eigenvalue weighted by molar-refractivity contribution is -0.116. The third-order valence-electron chi connectivity index (χ3n) is 3.14. The van der Waals surface area contributed by atoms with Crippen LogP contribution in [-0.2, 0) is 4.79 Å². The van der Waals surface area contributed by atoms with Gasteiger partial charge in [0.05, 0.1) is 10.7 Å². The molecule has 1 atom stereocenters. The Bertz CT molecular complexity index is 619. The molecule has 110 valence electrons. The van der Waals surface area contributed by atoms with Gasteiger partial charge in [0.1, 0.15) is 0 Å². The SMILES string of the molecule is NC(CCC(=O)Nc1cccc(Cl)c1F)c1ccccc1. The number of hydrogen-bond donors (Lipinski definition) is 2. The third kappa shape index (κ3) is 4.28. The first-order valence-corrected chi connectivity index (χ1v) is 7.00. The van der Waals surface area contributed by atoms with Gasteiger partial charge in [-0.3, -0.25) is 4.79 Å². The van der Waals surface area contributed by atoms with Crippen LogP contribution in [0.2, 0.25) is 5.02 Å². The number of halogens is 2. The van der Waals surface area contributed by atoms with Gasteiger partial charge in [-0.25, -0.2) is 4.39 Å². The molecule has 0 bridgehead atoms. The van der Waals surface area contributed by atoms with Gasteiger partial charge in [0.2, 0.25) is 5.91 Å². The smallest absolute Gasteiger partial charge is 0.224 e. The lowest BCUT2D eigenvalue weighted by atomic mass is 10.0. The molecule has 0 aliphatic carbocycles. The van der Waals surface area contributed by atoms with E-state index in [9.17, 15) is 9.18 Å². The molecule has 3 N–H and O–H groups in total. The van der Waals surface area contributed by atoms with E-state index in [-0.39, 0.29) is 29.1 Å². The van der Waals surface area contributed by atoms with Gasteiger partial charge in [-0.05, 0) is 24.1 Å². The number of nitrogens with one attached hydrogen (secondary N) is 1. The first-order chi connectivity index (χ1) is 10.1. The molecule has 2 aromatic rings. The Morgan fingerprint density at radius 1 is 1.19 bits per heavy atom. The first kappa shape index (κ1) is 15.5. The maximum Gasteiger partial charge on any atom is 0.224 e. The van der Waals surface area contributed by atoms with E-state index < -0.39 is 5.82 Å². The van der Waals surface area contributed by atoms with Crippen LogP contribution in [0.15, 0.2) is 48.5 Å². The quantitative estimate of drug-likeness (QED) is 0.880. The molecule has 3 nitrogen and oxygen atoms in total. The second-order valence-corrected chi connectivity index (χ2v) is 5.11. The van der Waals surface area contributed by atoms with Gasteiger partial charge < -0.3 is 11.1 Å². The number of anilines is 1. The Kier molecular flexibility index (Phi) is 5.31. The van der Waals surface area contributed by atoms with Gasteiger partial charge in [0.15, 0.2) is 5.82 Å². The van der Waals surface area contributed by atoms with Gasteiger partial charge in [0.25, 0.3) is 0 Å². The summed E-state index contributed by atoms with van der Waals surface area (Å²) < 4.78 is 13.7. The lowest BCUT2D eigenvalue weighted by Gasteiger charge is -2.12. The van der Waals surface area contributed by atoms with Crippen molar-refractivity contribution in [1.29, 1.82) is 0 Å². The molecule has 0 spiro atoms. The van der Waals surface area contributed by atoms with Crippen LogP contribution in [0.3, 0.4) is 0 Å². The predicted octanol–water partition coefficient (Wildman–Crippen LogP) is 3.90. The summed E-state index contributed by atoms with van der Waals surface area (Å²) in [5.74, 6) is -0.914. The summed E-state index contributed by atoms with van der Waals surface area (Å²) in [5, 5.41) is 2.48. The summed E-state index contributed by atoms with van der Waals surface area (Å²) in [4.78, 5) is 11.8. The number of benzene rings is 2. The highest BCUT2D eigenvalue weighted by Gasteiger charge is 2.12. The zero-order chi connectivity index (χ0) is 15.2. The van der Waals surface area contributed by atoms with Crippen molar-refractivity contribution in [2.45, 2.75) is 18.9 Å². The number of hydrogen-bond acceptors (Lipinski definition) is 2. The van der Waals surface area contributed by atoms with Crippen LogP contribution in [0.5, 0.6) is 0 Å². The highest BCUT2D eigenvalue weighted by molar-refractivity contribution is 6.31. The maximum atomic E-state index is 13.7. The predicted molar refractivity (Wildman–Crippen MR) is 82.6 cm³/mol. The number of nitrogens with two attached hydrogens (primary N) is 1. The van der Waals surface area contributed by atoms with Crippen molar-refractivity contribution in [2.75, 3.05) is 5.32 Å². The molecular weight excluding hydrogens is 291 g/mol. The Hall–Kier alpha value is -1.91. The monoisotopic (exact) mass is 306 g/mol. The molecule has 1 amide bonds. The van der Waals surface area contributed by atoms with Crippen molar-refractivity contribution in [3.05, 3.63) is 64.9 Å². The van der Waals surface area contributed by atoms with Gasteiger partial charge in [-0.2, -0.15) is 0 Å². The van der Waals surface area contributed by atoms with E-state index in [0.29, 0.717) is 6.42 Å². The van der Waals surface area contributed by atoms with E-state index >= 15 is 0 Å². The summed E-state index contributed by atoms with van der Waals surface area (Å²) in [5.41, 5.74) is 7.07. The molecule has 5 heteroatoms. The van der Waals surface area contributed by atoms with Crippen LogP contribution in [0.4, 0.5) is 10.1 Å². The van der Waals surface area contributed by atoms with E-state index in [1.54, 1.807) is 6.07 Å². The maximum absolute atomic E-state index is 13.7. The highest BCUT2D eigenvalue weighted by atomic mass is 35.5. The van der Waals surface area contributed by atoms with Gasteiger partial charge >= 0.3 is 0 Å². The standard InChI is InChI=1S/C16H16ClFN2O/c17-12-7-4-8-14(16(12)18)20-15(21)10-9-13(19)11-5-2-1-3-6-11/h1-8,13H,9-10,19H2,(H,20,21). The second-order valence-electron chi connectivity index (χ2n) is 4.71. The first-order valence-electron chi connectivity index (χ1n) is 6.62. The molecule has 2 aromatic carbocycles. The molecule has 0 heterocycles. The van der Waals surface area contributed by atoms with Crippen LogP contribution < -0.4 is 11.1 Å². The average molecular weight is 307 g/mol. The molecule has 0 fully saturated rings. The van der Waals surface area contributed by atoms with Crippen LogP contribution in [0, 0.1) is 5.82 Å².